The predicted octanol–water partition coefficient (Wildman–Crippen LogP) is 5.79. The molecule has 0 saturated carbocycles. The number of hydrogen-bond acceptors (Lipinski definition) is 3. The van der Waals surface area contributed by atoms with Crippen LogP contribution in [0.25, 0.3) is 0 Å². The molecule has 1 aromatic rings. The van der Waals surface area contributed by atoms with Crippen molar-refractivity contribution in [3.63, 3.8) is 0 Å². The van der Waals surface area contributed by atoms with Crippen molar-refractivity contribution >= 4 is 0 Å². The summed E-state index contributed by atoms with van der Waals surface area (Å²) in [4.78, 5) is 0. The van der Waals surface area contributed by atoms with E-state index in [1.54, 1.807) is 6.92 Å². The fourth-order valence-electron chi connectivity index (χ4n) is 3.21. The average Bonchev–Trinajstić information content (AvgIpc) is 2.57. The number of aliphatic hydroxyl groups is 1. The lowest BCUT2D eigenvalue weighted by atomic mass is 9.90. The van der Waals surface area contributed by atoms with E-state index in [0.29, 0.717) is 0 Å². The summed E-state index contributed by atoms with van der Waals surface area (Å²) in [7, 11) is 0. The van der Waals surface area contributed by atoms with Crippen LogP contribution < -0.4 is 4.74 Å². The molecule has 2 atom stereocenters. The molecule has 0 saturated heterocycles. The summed E-state index contributed by atoms with van der Waals surface area (Å²) in [6.07, 6.45) is 9.23. The molecule has 0 aliphatic heterocycles. The molecular formula is C22H38O3. The van der Waals surface area contributed by atoms with Crippen molar-refractivity contribution in [2.45, 2.75) is 105 Å². The first-order valence-electron chi connectivity index (χ1n) is 10.2. The Bertz CT molecular complexity index is 482. The maximum atomic E-state index is 9.42. The summed E-state index contributed by atoms with van der Waals surface area (Å²) < 4.78 is 11.4. The van der Waals surface area contributed by atoms with Crippen LogP contribution in [0.15, 0.2) is 12.1 Å². The molecule has 0 radical (unpaired) electrons. The summed E-state index contributed by atoms with van der Waals surface area (Å²) in [6.45, 7) is 10.2. The molecule has 1 rings (SSSR count). The number of rotatable bonds is 13. The van der Waals surface area contributed by atoms with Gasteiger partial charge in [-0.15, -0.1) is 0 Å². The van der Waals surface area contributed by atoms with Crippen LogP contribution in [0.3, 0.4) is 0 Å². The third-order valence-electron chi connectivity index (χ3n) is 4.53. The first-order valence-corrected chi connectivity index (χ1v) is 10.2. The van der Waals surface area contributed by atoms with Crippen LogP contribution in [0, 0.1) is 0 Å². The second-order valence-corrected chi connectivity index (χ2v) is 6.91. The maximum absolute atomic E-state index is 9.42. The SMILES string of the molecule is CCCCc1ccc(OC(C)OC(C)O)c(CCCC)c1CCCC. The zero-order valence-corrected chi connectivity index (χ0v) is 16.9. The second kappa shape index (κ2) is 12.3. The molecule has 1 N–H and O–H groups in total. The molecular weight excluding hydrogens is 312 g/mol. The van der Waals surface area contributed by atoms with Gasteiger partial charge in [0.2, 0.25) is 0 Å². The lowest BCUT2D eigenvalue weighted by molar-refractivity contribution is -0.179. The highest BCUT2D eigenvalue weighted by molar-refractivity contribution is 5.46. The van der Waals surface area contributed by atoms with Gasteiger partial charge in [0, 0.05) is 0 Å². The minimum Gasteiger partial charge on any atom is -0.465 e. The molecule has 0 aliphatic rings. The Morgan fingerprint density at radius 3 is 1.96 bits per heavy atom. The Kier molecular flexibility index (Phi) is 10.8. The normalized spacial score (nSPS) is 13.7. The third-order valence-corrected chi connectivity index (χ3v) is 4.53. The van der Waals surface area contributed by atoms with E-state index >= 15 is 0 Å². The summed E-state index contributed by atoms with van der Waals surface area (Å²) in [5.74, 6) is 0.924. The zero-order chi connectivity index (χ0) is 18.7. The number of aliphatic hydroxyl groups excluding tert-OH is 1. The third kappa shape index (κ3) is 7.79. The van der Waals surface area contributed by atoms with Gasteiger partial charge in [-0.05, 0) is 75.1 Å². The van der Waals surface area contributed by atoms with Crippen molar-refractivity contribution in [2.75, 3.05) is 0 Å². The van der Waals surface area contributed by atoms with Crippen LogP contribution in [0.2, 0.25) is 0 Å². The Morgan fingerprint density at radius 2 is 1.40 bits per heavy atom. The van der Waals surface area contributed by atoms with E-state index in [1.165, 1.54) is 55.2 Å². The molecule has 1 aromatic carbocycles. The lowest BCUT2D eigenvalue weighted by Gasteiger charge is -2.23. The summed E-state index contributed by atoms with van der Waals surface area (Å²) >= 11 is 0. The van der Waals surface area contributed by atoms with Gasteiger partial charge in [-0.2, -0.15) is 0 Å². The highest BCUT2D eigenvalue weighted by Crippen LogP contribution is 2.31. The second-order valence-electron chi connectivity index (χ2n) is 6.91. The fraction of sp³-hybridized carbons (Fsp3) is 0.727. The smallest absolute Gasteiger partial charge is 0.199 e. The number of benzene rings is 1. The Balaban J connectivity index is 3.15. The number of unbranched alkanes of at least 4 members (excludes halogenated alkanes) is 3. The van der Waals surface area contributed by atoms with Crippen LogP contribution >= 0.6 is 0 Å². The largest absolute Gasteiger partial charge is 0.465 e. The molecule has 0 amide bonds. The highest BCUT2D eigenvalue weighted by atomic mass is 16.7. The number of aryl methyl sites for hydroxylation is 1. The van der Waals surface area contributed by atoms with Crippen molar-refractivity contribution in [3.8, 4) is 5.75 Å². The molecule has 3 nitrogen and oxygen atoms in total. The minimum absolute atomic E-state index is 0.458. The van der Waals surface area contributed by atoms with Gasteiger partial charge in [0.05, 0.1) is 0 Å². The molecule has 0 aromatic heterocycles. The molecule has 25 heavy (non-hydrogen) atoms. The standard InChI is InChI=1S/C22H38O3/c1-6-9-12-19-15-16-22(25-18(5)24-17(4)23)21(14-11-8-3)20(19)13-10-7-2/h15-18,23H,6-14H2,1-5H3. The van der Waals surface area contributed by atoms with Crippen LogP contribution in [0.4, 0.5) is 0 Å². The zero-order valence-electron chi connectivity index (χ0n) is 16.9. The molecule has 2 unspecified atom stereocenters. The first-order chi connectivity index (χ1) is 12.0. The fourth-order valence-corrected chi connectivity index (χ4v) is 3.21. The quantitative estimate of drug-likeness (QED) is 0.457. The van der Waals surface area contributed by atoms with Crippen LogP contribution in [0.1, 0.15) is 89.8 Å². The monoisotopic (exact) mass is 350 g/mol. The molecule has 0 heterocycles. The first kappa shape index (κ1) is 22.0. The summed E-state index contributed by atoms with van der Waals surface area (Å²) in [5.41, 5.74) is 4.33. The van der Waals surface area contributed by atoms with Gasteiger partial charge in [-0.3, -0.25) is 0 Å². The number of ether oxygens (including phenoxy) is 2. The van der Waals surface area contributed by atoms with Gasteiger partial charge < -0.3 is 14.6 Å². The summed E-state index contributed by atoms with van der Waals surface area (Å²) in [6, 6.07) is 4.34. The van der Waals surface area contributed by atoms with E-state index in [1.807, 2.05) is 6.92 Å². The van der Waals surface area contributed by atoms with Gasteiger partial charge in [0.15, 0.2) is 12.6 Å². The van der Waals surface area contributed by atoms with Gasteiger partial charge in [-0.1, -0.05) is 46.1 Å². The molecule has 0 aliphatic carbocycles. The van der Waals surface area contributed by atoms with Crippen LogP contribution in [0.5, 0.6) is 5.75 Å². The van der Waals surface area contributed by atoms with Crippen molar-refractivity contribution < 1.29 is 14.6 Å². The Morgan fingerprint density at radius 1 is 0.840 bits per heavy atom. The van der Waals surface area contributed by atoms with Gasteiger partial charge in [0.1, 0.15) is 5.75 Å². The van der Waals surface area contributed by atoms with Crippen molar-refractivity contribution in [1.29, 1.82) is 0 Å². The minimum atomic E-state index is -0.822. The molecule has 144 valence electrons. The van der Waals surface area contributed by atoms with E-state index in [-0.39, 0.29) is 0 Å². The van der Waals surface area contributed by atoms with Gasteiger partial charge in [0.25, 0.3) is 0 Å². The van der Waals surface area contributed by atoms with Gasteiger partial charge >= 0.3 is 0 Å². The molecule has 0 fully saturated rings. The average molecular weight is 351 g/mol. The predicted molar refractivity (Wildman–Crippen MR) is 105 cm³/mol. The number of hydrogen-bond donors (Lipinski definition) is 1. The molecule has 0 spiro atoms. The maximum Gasteiger partial charge on any atom is 0.199 e. The molecule has 0 bridgehead atoms. The highest BCUT2D eigenvalue weighted by Gasteiger charge is 2.16. The van der Waals surface area contributed by atoms with Gasteiger partial charge in [-0.25, -0.2) is 0 Å². The van der Waals surface area contributed by atoms with E-state index in [9.17, 15) is 5.11 Å². The lowest BCUT2D eigenvalue weighted by Crippen LogP contribution is -2.23. The van der Waals surface area contributed by atoms with Crippen molar-refractivity contribution in [3.05, 3.63) is 28.8 Å². The molecule has 3 heteroatoms. The van der Waals surface area contributed by atoms with Crippen molar-refractivity contribution in [2.24, 2.45) is 0 Å². The van der Waals surface area contributed by atoms with E-state index < -0.39 is 12.6 Å². The van der Waals surface area contributed by atoms with Crippen LogP contribution in [-0.2, 0) is 24.0 Å². The van der Waals surface area contributed by atoms with Crippen molar-refractivity contribution in [1.82, 2.24) is 0 Å². The van der Waals surface area contributed by atoms with E-state index in [4.69, 9.17) is 9.47 Å². The Hall–Kier alpha value is -1.06. The summed E-state index contributed by atoms with van der Waals surface area (Å²) in [5, 5.41) is 9.42. The van der Waals surface area contributed by atoms with Crippen LogP contribution in [-0.4, -0.2) is 17.7 Å². The topological polar surface area (TPSA) is 38.7 Å². The Labute approximate surface area is 154 Å². The van der Waals surface area contributed by atoms with E-state index in [0.717, 1.165) is 25.0 Å². The van der Waals surface area contributed by atoms with E-state index in [2.05, 4.69) is 32.9 Å².